The lowest BCUT2D eigenvalue weighted by Crippen LogP contribution is -2.33. The number of halogens is 3. The van der Waals surface area contributed by atoms with Gasteiger partial charge in [-0.2, -0.15) is 0 Å². The second-order valence-corrected chi connectivity index (χ2v) is 7.42. The van der Waals surface area contributed by atoms with E-state index in [-0.39, 0.29) is 0 Å². The molecule has 8 heteroatoms. The van der Waals surface area contributed by atoms with Gasteiger partial charge in [-0.1, -0.05) is 56.4 Å². The Labute approximate surface area is 161 Å². The van der Waals surface area contributed by atoms with Crippen molar-refractivity contribution >= 4 is 62.3 Å². The van der Waals surface area contributed by atoms with E-state index in [2.05, 4.69) is 21.1 Å². The quantitative estimate of drug-likeness (QED) is 0.663. The Morgan fingerprint density at radius 1 is 1.00 bits per heavy atom. The van der Waals surface area contributed by atoms with Crippen molar-refractivity contribution < 1.29 is 14.4 Å². The Kier molecular flexibility index (Phi) is 4.06. The molecule has 2 aromatic rings. The molecule has 0 aliphatic carbocycles. The van der Waals surface area contributed by atoms with Crippen LogP contribution in [0.2, 0.25) is 10.0 Å². The van der Waals surface area contributed by atoms with E-state index in [1.54, 1.807) is 0 Å². The first-order chi connectivity index (χ1) is 12.0. The lowest BCUT2D eigenvalue weighted by molar-refractivity contribution is -0.126. The minimum Gasteiger partial charge on any atom is -0.381 e. The monoisotopic (exact) mass is 438 g/mol. The maximum atomic E-state index is 12.9. The van der Waals surface area contributed by atoms with Crippen LogP contribution in [0.5, 0.6) is 0 Å². The van der Waals surface area contributed by atoms with E-state index >= 15 is 0 Å². The van der Waals surface area contributed by atoms with E-state index in [1.807, 2.05) is 24.3 Å². The van der Waals surface area contributed by atoms with Crippen molar-refractivity contribution in [3.05, 3.63) is 62.5 Å². The third kappa shape index (κ3) is 2.74. The summed E-state index contributed by atoms with van der Waals surface area (Å²) in [5.41, 5.74) is 1.48. The fourth-order valence-corrected chi connectivity index (χ4v) is 3.74. The number of carbonyl (C=O) groups excluding carboxylic acids is 2. The average Bonchev–Trinajstić information content (AvgIpc) is 3.08. The number of rotatable bonds is 2. The summed E-state index contributed by atoms with van der Waals surface area (Å²) < 4.78 is 0.899. The van der Waals surface area contributed by atoms with Crippen molar-refractivity contribution in [1.29, 1.82) is 0 Å². The van der Waals surface area contributed by atoms with Crippen LogP contribution in [-0.4, -0.2) is 23.6 Å². The molecule has 0 bridgehead atoms. The molecule has 2 aromatic carbocycles. The number of fused-ring (bicyclic) bond motifs is 1. The summed E-state index contributed by atoms with van der Waals surface area (Å²) >= 11 is 15.3. The van der Waals surface area contributed by atoms with Crippen molar-refractivity contribution in [2.75, 3.05) is 4.90 Å². The minimum atomic E-state index is -0.969. The molecule has 2 amide bonds. The number of anilines is 1. The van der Waals surface area contributed by atoms with E-state index < -0.39 is 23.8 Å². The average molecular weight is 440 g/mol. The van der Waals surface area contributed by atoms with Gasteiger partial charge in [0.15, 0.2) is 0 Å². The highest BCUT2D eigenvalue weighted by molar-refractivity contribution is 9.10. The molecule has 126 valence electrons. The standard InChI is InChI=1S/C17H9BrCl2N2O3/c18-9-3-1-8(2-4-9)14-13-15(25-21-14)17(24)22(16(13)23)12-6-10(19)5-11(20)7-12/h1-7,13,15H. The first-order valence-corrected chi connectivity index (χ1v) is 8.84. The van der Waals surface area contributed by atoms with Gasteiger partial charge < -0.3 is 4.84 Å². The van der Waals surface area contributed by atoms with Crippen molar-refractivity contribution in [3.8, 4) is 0 Å². The van der Waals surface area contributed by atoms with Gasteiger partial charge in [-0.3, -0.25) is 9.59 Å². The third-order valence-corrected chi connectivity index (χ3v) is 5.02. The van der Waals surface area contributed by atoms with Gasteiger partial charge in [-0.05, 0) is 30.3 Å². The summed E-state index contributed by atoms with van der Waals surface area (Å²) in [6, 6.07) is 11.9. The predicted molar refractivity (Wildman–Crippen MR) is 98.0 cm³/mol. The molecule has 0 radical (unpaired) electrons. The topological polar surface area (TPSA) is 59.0 Å². The summed E-state index contributed by atoms with van der Waals surface area (Å²) in [4.78, 5) is 31.9. The molecular weight excluding hydrogens is 431 g/mol. The number of nitrogens with zero attached hydrogens (tertiary/aromatic N) is 2. The summed E-state index contributed by atoms with van der Waals surface area (Å²) in [5.74, 6) is -1.68. The Bertz CT molecular complexity index is 910. The fraction of sp³-hybridized carbons (Fsp3) is 0.118. The van der Waals surface area contributed by atoms with Gasteiger partial charge in [0.1, 0.15) is 11.6 Å². The van der Waals surface area contributed by atoms with Crippen LogP contribution in [0.25, 0.3) is 0 Å². The van der Waals surface area contributed by atoms with Crippen LogP contribution < -0.4 is 4.90 Å². The number of carbonyl (C=O) groups is 2. The molecule has 1 saturated heterocycles. The summed E-state index contributed by atoms with van der Waals surface area (Å²) in [6.07, 6.45) is -0.969. The Morgan fingerprint density at radius 2 is 1.64 bits per heavy atom. The highest BCUT2D eigenvalue weighted by atomic mass is 79.9. The second-order valence-electron chi connectivity index (χ2n) is 5.63. The molecule has 2 unspecified atom stereocenters. The van der Waals surface area contributed by atoms with Gasteiger partial charge in [0.2, 0.25) is 12.0 Å². The Hall–Kier alpha value is -1.89. The van der Waals surface area contributed by atoms with Gasteiger partial charge in [0.25, 0.3) is 5.91 Å². The smallest absolute Gasteiger partial charge is 0.278 e. The Morgan fingerprint density at radius 3 is 2.28 bits per heavy atom. The fourth-order valence-electron chi connectivity index (χ4n) is 2.96. The molecule has 5 nitrogen and oxygen atoms in total. The van der Waals surface area contributed by atoms with Crippen molar-refractivity contribution in [2.24, 2.45) is 11.1 Å². The molecule has 0 spiro atoms. The van der Waals surface area contributed by atoms with Crippen molar-refractivity contribution in [1.82, 2.24) is 0 Å². The minimum absolute atomic E-state index is 0.320. The largest absolute Gasteiger partial charge is 0.381 e. The summed E-state index contributed by atoms with van der Waals surface area (Å²) in [6.45, 7) is 0. The maximum Gasteiger partial charge on any atom is 0.278 e. The zero-order chi connectivity index (χ0) is 17.7. The lowest BCUT2D eigenvalue weighted by Gasteiger charge is -2.16. The van der Waals surface area contributed by atoms with Gasteiger partial charge in [-0.15, -0.1) is 0 Å². The zero-order valence-electron chi connectivity index (χ0n) is 12.4. The van der Waals surface area contributed by atoms with Crippen LogP contribution in [-0.2, 0) is 14.4 Å². The van der Waals surface area contributed by atoms with E-state index in [4.69, 9.17) is 28.0 Å². The van der Waals surface area contributed by atoms with Crippen molar-refractivity contribution in [3.63, 3.8) is 0 Å². The SMILES string of the molecule is O=C1C2ON=C(c3ccc(Br)cc3)C2C(=O)N1c1cc(Cl)cc(Cl)c1. The van der Waals surface area contributed by atoms with Crippen LogP contribution >= 0.6 is 39.1 Å². The number of hydrogen-bond acceptors (Lipinski definition) is 4. The van der Waals surface area contributed by atoms with Gasteiger partial charge in [-0.25, -0.2) is 4.90 Å². The lowest BCUT2D eigenvalue weighted by atomic mass is 9.94. The number of benzene rings is 2. The first-order valence-electron chi connectivity index (χ1n) is 7.29. The molecule has 2 aliphatic heterocycles. The third-order valence-electron chi connectivity index (χ3n) is 4.06. The summed E-state index contributed by atoms with van der Waals surface area (Å²) in [5, 5.41) is 4.64. The van der Waals surface area contributed by atoms with E-state index in [1.165, 1.54) is 18.2 Å². The molecular formula is C17H9BrCl2N2O3. The molecule has 4 rings (SSSR count). The normalized spacial score (nSPS) is 22.0. The molecule has 1 fully saturated rings. The molecule has 2 atom stereocenters. The molecule has 0 aromatic heterocycles. The van der Waals surface area contributed by atoms with Crippen LogP contribution in [0, 0.1) is 5.92 Å². The molecule has 0 saturated carbocycles. The number of imide groups is 1. The van der Waals surface area contributed by atoms with Gasteiger partial charge >= 0.3 is 0 Å². The number of amides is 2. The highest BCUT2D eigenvalue weighted by Crippen LogP contribution is 2.37. The number of hydrogen-bond donors (Lipinski definition) is 0. The van der Waals surface area contributed by atoms with E-state index in [0.29, 0.717) is 21.4 Å². The summed E-state index contributed by atoms with van der Waals surface area (Å²) in [7, 11) is 0. The zero-order valence-corrected chi connectivity index (χ0v) is 15.5. The van der Waals surface area contributed by atoms with E-state index in [9.17, 15) is 9.59 Å². The molecule has 2 aliphatic rings. The maximum absolute atomic E-state index is 12.9. The molecule has 0 N–H and O–H groups in total. The molecule has 25 heavy (non-hydrogen) atoms. The van der Waals surface area contributed by atoms with Gasteiger partial charge in [0.05, 0.1) is 5.69 Å². The second kappa shape index (κ2) is 6.12. The van der Waals surface area contributed by atoms with Crippen LogP contribution in [0.1, 0.15) is 5.56 Å². The van der Waals surface area contributed by atoms with E-state index in [0.717, 1.165) is 14.9 Å². The first kappa shape index (κ1) is 16.6. The Balaban J connectivity index is 1.72. The predicted octanol–water partition coefficient (Wildman–Crippen LogP) is 4.05. The highest BCUT2D eigenvalue weighted by Gasteiger charge is 2.56. The van der Waals surface area contributed by atoms with Crippen LogP contribution in [0.4, 0.5) is 5.69 Å². The van der Waals surface area contributed by atoms with Crippen molar-refractivity contribution in [2.45, 2.75) is 6.10 Å². The van der Waals surface area contributed by atoms with Gasteiger partial charge in [0, 0.05) is 20.1 Å². The number of oxime groups is 1. The molecule has 2 heterocycles. The van der Waals surface area contributed by atoms with Crippen LogP contribution in [0.3, 0.4) is 0 Å². The van der Waals surface area contributed by atoms with Crippen LogP contribution in [0.15, 0.2) is 52.1 Å².